The average molecular weight is 238 g/mol. The standard InChI is InChI=1S/C11H11FN2O3/c12-11(10(16)17)3-6-14(7-11)9(15)8-1-4-13-5-2-8/h1-2,4-5H,3,6-7H2,(H,16,17). The smallest absolute Gasteiger partial charge is 0.343 e. The molecule has 90 valence electrons. The molecule has 2 rings (SSSR count). The summed E-state index contributed by atoms with van der Waals surface area (Å²) in [4.78, 5) is 27.6. The number of carbonyl (C=O) groups excluding carboxylic acids is 1. The van der Waals surface area contributed by atoms with Crippen LogP contribution in [-0.2, 0) is 4.79 Å². The first-order chi connectivity index (χ1) is 8.03. The Labute approximate surface area is 96.9 Å². The quantitative estimate of drug-likeness (QED) is 0.824. The summed E-state index contributed by atoms with van der Waals surface area (Å²) in [6, 6.07) is 3.03. The topological polar surface area (TPSA) is 70.5 Å². The van der Waals surface area contributed by atoms with Gasteiger partial charge in [-0.3, -0.25) is 9.78 Å². The highest BCUT2D eigenvalue weighted by molar-refractivity contribution is 5.95. The van der Waals surface area contributed by atoms with Gasteiger partial charge in [-0.05, 0) is 12.1 Å². The Morgan fingerprint density at radius 3 is 2.59 bits per heavy atom. The van der Waals surface area contributed by atoms with Crippen LogP contribution in [0.2, 0.25) is 0 Å². The normalized spacial score (nSPS) is 23.7. The Bertz CT molecular complexity index is 451. The molecule has 0 radical (unpaired) electrons. The number of nitrogens with zero attached hydrogens (tertiary/aromatic N) is 2. The molecule has 5 nitrogen and oxygen atoms in total. The maximum Gasteiger partial charge on any atom is 0.343 e. The number of hydrogen-bond acceptors (Lipinski definition) is 3. The minimum atomic E-state index is -2.32. The molecule has 6 heteroatoms. The number of aliphatic carboxylic acids is 1. The first-order valence-corrected chi connectivity index (χ1v) is 5.14. The summed E-state index contributed by atoms with van der Waals surface area (Å²) in [7, 11) is 0. The molecule has 0 spiro atoms. The number of likely N-dealkylation sites (tertiary alicyclic amines) is 1. The van der Waals surface area contributed by atoms with E-state index in [1.807, 2.05) is 0 Å². The molecule has 0 saturated carbocycles. The van der Waals surface area contributed by atoms with Crippen LogP contribution >= 0.6 is 0 Å². The number of alkyl halides is 1. The van der Waals surface area contributed by atoms with Gasteiger partial charge < -0.3 is 10.0 Å². The van der Waals surface area contributed by atoms with E-state index in [2.05, 4.69) is 4.98 Å². The predicted octanol–water partition coefficient (Wildman–Crippen LogP) is 0.720. The highest BCUT2D eigenvalue weighted by Gasteiger charge is 2.46. The van der Waals surface area contributed by atoms with Gasteiger partial charge in [-0.2, -0.15) is 0 Å². The highest BCUT2D eigenvalue weighted by atomic mass is 19.1. The summed E-state index contributed by atoms with van der Waals surface area (Å²) in [5.41, 5.74) is -1.93. The Balaban J connectivity index is 2.12. The van der Waals surface area contributed by atoms with E-state index in [9.17, 15) is 14.0 Å². The Morgan fingerprint density at radius 1 is 1.41 bits per heavy atom. The van der Waals surface area contributed by atoms with Crippen LogP contribution in [0, 0.1) is 0 Å². The van der Waals surface area contributed by atoms with Gasteiger partial charge in [-0.1, -0.05) is 0 Å². The molecule has 1 amide bonds. The van der Waals surface area contributed by atoms with Crippen LogP contribution in [-0.4, -0.2) is 45.6 Å². The number of halogens is 1. The van der Waals surface area contributed by atoms with Crippen molar-refractivity contribution < 1.29 is 19.1 Å². The lowest BCUT2D eigenvalue weighted by Crippen LogP contribution is -2.38. The minimum absolute atomic E-state index is 0.115. The van der Waals surface area contributed by atoms with E-state index in [-0.39, 0.29) is 18.9 Å². The lowest BCUT2D eigenvalue weighted by Gasteiger charge is -2.17. The van der Waals surface area contributed by atoms with E-state index in [1.54, 1.807) is 0 Å². The summed E-state index contributed by atoms with van der Waals surface area (Å²) >= 11 is 0. The van der Waals surface area contributed by atoms with Gasteiger partial charge in [-0.25, -0.2) is 9.18 Å². The van der Waals surface area contributed by atoms with Gasteiger partial charge in [0.2, 0.25) is 5.67 Å². The van der Waals surface area contributed by atoms with Crippen LogP contribution in [0.5, 0.6) is 0 Å². The van der Waals surface area contributed by atoms with Crippen LogP contribution < -0.4 is 0 Å². The maximum atomic E-state index is 13.8. The SMILES string of the molecule is O=C(c1ccncc1)N1CCC(F)(C(=O)O)C1. The zero-order valence-corrected chi connectivity index (χ0v) is 8.97. The number of carbonyl (C=O) groups is 2. The van der Waals surface area contributed by atoms with E-state index in [1.165, 1.54) is 29.4 Å². The van der Waals surface area contributed by atoms with Crippen molar-refractivity contribution in [2.24, 2.45) is 0 Å². The van der Waals surface area contributed by atoms with Crippen LogP contribution in [0.15, 0.2) is 24.5 Å². The molecule has 0 aromatic carbocycles. The van der Waals surface area contributed by atoms with Crippen LogP contribution in [0.3, 0.4) is 0 Å². The molecule has 1 aromatic rings. The Morgan fingerprint density at radius 2 is 2.06 bits per heavy atom. The van der Waals surface area contributed by atoms with Crippen molar-refractivity contribution in [3.8, 4) is 0 Å². The summed E-state index contributed by atoms with van der Waals surface area (Å²) in [5.74, 6) is -1.88. The molecule has 1 atom stereocenters. The average Bonchev–Trinajstić information content (AvgIpc) is 2.74. The molecular weight excluding hydrogens is 227 g/mol. The number of pyridine rings is 1. The minimum Gasteiger partial charge on any atom is -0.479 e. The van der Waals surface area contributed by atoms with Crippen molar-refractivity contribution in [2.75, 3.05) is 13.1 Å². The molecule has 1 fully saturated rings. The highest BCUT2D eigenvalue weighted by Crippen LogP contribution is 2.26. The second kappa shape index (κ2) is 4.12. The van der Waals surface area contributed by atoms with Gasteiger partial charge in [-0.15, -0.1) is 0 Å². The second-order valence-electron chi connectivity index (χ2n) is 3.98. The van der Waals surface area contributed by atoms with Gasteiger partial charge >= 0.3 is 5.97 Å². The molecule has 1 saturated heterocycles. The monoisotopic (exact) mass is 238 g/mol. The van der Waals surface area contributed by atoms with Crippen LogP contribution in [0.25, 0.3) is 0 Å². The van der Waals surface area contributed by atoms with Gasteiger partial charge in [0.1, 0.15) is 0 Å². The molecule has 1 aliphatic heterocycles. The third kappa shape index (κ3) is 2.11. The predicted molar refractivity (Wildman–Crippen MR) is 56.2 cm³/mol. The molecule has 17 heavy (non-hydrogen) atoms. The zero-order chi connectivity index (χ0) is 12.5. The number of amides is 1. The van der Waals surface area contributed by atoms with Gasteiger partial charge in [0.05, 0.1) is 6.54 Å². The van der Waals surface area contributed by atoms with E-state index >= 15 is 0 Å². The number of aromatic nitrogens is 1. The first-order valence-electron chi connectivity index (χ1n) is 5.14. The number of carboxylic acid groups (broad SMARTS) is 1. The number of hydrogen-bond donors (Lipinski definition) is 1. The van der Waals surface area contributed by atoms with Crippen molar-refractivity contribution in [1.82, 2.24) is 9.88 Å². The second-order valence-corrected chi connectivity index (χ2v) is 3.98. The van der Waals surface area contributed by atoms with Crippen molar-refractivity contribution in [3.63, 3.8) is 0 Å². The van der Waals surface area contributed by atoms with Gasteiger partial charge in [0, 0.05) is 30.9 Å². The van der Waals surface area contributed by atoms with E-state index in [4.69, 9.17) is 5.11 Å². The largest absolute Gasteiger partial charge is 0.479 e. The van der Waals surface area contributed by atoms with Crippen molar-refractivity contribution >= 4 is 11.9 Å². The summed E-state index contributed by atoms with van der Waals surface area (Å²) in [6.07, 6.45) is 2.76. The summed E-state index contributed by atoms with van der Waals surface area (Å²) < 4.78 is 13.8. The molecule has 0 bridgehead atoms. The number of rotatable bonds is 2. The fourth-order valence-electron chi connectivity index (χ4n) is 1.80. The molecule has 1 aliphatic rings. The zero-order valence-electron chi connectivity index (χ0n) is 8.97. The Kier molecular flexibility index (Phi) is 2.79. The van der Waals surface area contributed by atoms with Gasteiger partial charge in [0.15, 0.2) is 0 Å². The van der Waals surface area contributed by atoms with Crippen molar-refractivity contribution in [1.29, 1.82) is 0 Å². The summed E-state index contributed by atoms with van der Waals surface area (Å²) in [5, 5.41) is 8.72. The number of carboxylic acids is 1. The summed E-state index contributed by atoms with van der Waals surface area (Å²) in [6.45, 7) is -0.284. The first kappa shape index (κ1) is 11.5. The molecule has 2 heterocycles. The van der Waals surface area contributed by atoms with E-state index < -0.39 is 18.2 Å². The fourth-order valence-corrected chi connectivity index (χ4v) is 1.80. The molecule has 1 unspecified atom stereocenters. The molecule has 1 aromatic heterocycles. The lowest BCUT2D eigenvalue weighted by molar-refractivity contribution is -0.149. The molecule has 0 aliphatic carbocycles. The fraction of sp³-hybridized carbons (Fsp3) is 0.364. The third-order valence-electron chi connectivity index (χ3n) is 2.82. The molecule has 1 N–H and O–H groups in total. The maximum absolute atomic E-state index is 13.8. The third-order valence-corrected chi connectivity index (χ3v) is 2.82. The van der Waals surface area contributed by atoms with Crippen LogP contribution in [0.4, 0.5) is 4.39 Å². The van der Waals surface area contributed by atoms with Gasteiger partial charge in [0.25, 0.3) is 5.91 Å². The van der Waals surface area contributed by atoms with Crippen LogP contribution in [0.1, 0.15) is 16.8 Å². The van der Waals surface area contributed by atoms with Crippen molar-refractivity contribution in [3.05, 3.63) is 30.1 Å². The molecular formula is C11H11FN2O3. The lowest BCUT2D eigenvalue weighted by atomic mass is 10.1. The Hall–Kier alpha value is -1.98. The van der Waals surface area contributed by atoms with E-state index in [0.717, 1.165) is 0 Å². The van der Waals surface area contributed by atoms with Crippen molar-refractivity contribution in [2.45, 2.75) is 12.1 Å². The van der Waals surface area contributed by atoms with E-state index in [0.29, 0.717) is 5.56 Å².